The van der Waals surface area contributed by atoms with Crippen molar-refractivity contribution in [3.05, 3.63) is 426 Å². The maximum absolute atomic E-state index is 2.37. The summed E-state index contributed by atoms with van der Waals surface area (Å²) in [6, 6.07) is 132. The lowest BCUT2D eigenvalue weighted by Gasteiger charge is -2.28. The molecule has 15 aromatic carbocycles. The fraction of sp³-hybridized carbons (Fsp3) is 0.100. The summed E-state index contributed by atoms with van der Waals surface area (Å²) in [6.45, 7) is 21.6. The Labute approximate surface area is 623 Å². The van der Waals surface area contributed by atoms with Crippen molar-refractivity contribution in [1.82, 2.24) is 0 Å². The van der Waals surface area contributed by atoms with Crippen LogP contribution in [0.15, 0.2) is 370 Å². The van der Waals surface area contributed by atoms with E-state index in [1.807, 2.05) is 18.2 Å². The normalized spacial score (nSPS) is 10.8. The van der Waals surface area contributed by atoms with Crippen LogP contribution in [0.1, 0.15) is 55.6 Å². The molecule has 516 valence electrons. The molecule has 0 fully saturated rings. The highest BCUT2D eigenvalue weighted by Crippen LogP contribution is 2.44. The SMILES string of the molecule is Cc1cccc(N(c2ccc(-c3ccc(N(c4cccc(C)c4)c4cccc(C)c4)cc3)cc2)c2cccc(C)c2)c1.Cc1cccc(N(c2cccc(C)c2)c2ccc(-c3ccc(N(c4cccc(C)c4)c4cccc(C)c4)c(C)c3)cc2C)c1.c1ccc(N(c2ccccc2)c2ccccc2)cc1. The minimum Gasteiger partial charge on any atom is -0.311 e. The van der Waals surface area contributed by atoms with Gasteiger partial charge in [-0.25, -0.2) is 0 Å². The van der Waals surface area contributed by atoms with Crippen LogP contribution in [0, 0.1) is 69.2 Å². The van der Waals surface area contributed by atoms with E-state index in [1.54, 1.807) is 0 Å². The van der Waals surface area contributed by atoms with E-state index >= 15 is 0 Å². The molecule has 0 aliphatic carbocycles. The fourth-order valence-electron chi connectivity index (χ4n) is 13.8. The molecule has 0 atom stereocenters. The van der Waals surface area contributed by atoms with Gasteiger partial charge in [0.2, 0.25) is 0 Å². The van der Waals surface area contributed by atoms with Crippen LogP contribution in [0.5, 0.6) is 0 Å². The number of para-hydroxylation sites is 3. The van der Waals surface area contributed by atoms with Crippen molar-refractivity contribution in [2.24, 2.45) is 0 Å². The van der Waals surface area contributed by atoms with Gasteiger partial charge in [-0.1, -0.05) is 188 Å². The summed E-state index contributed by atoms with van der Waals surface area (Å²) >= 11 is 0. The van der Waals surface area contributed by atoms with Crippen molar-refractivity contribution >= 4 is 85.3 Å². The molecule has 0 bridgehead atoms. The molecule has 0 amide bonds. The summed E-state index contributed by atoms with van der Waals surface area (Å²) in [5.41, 5.74) is 34.7. The summed E-state index contributed by atoms with van der Waals surface area (Å²) in [6.07, 6.45) is 0. The first-order valence-corrected chi connectivity index (χ1v) is 36.3. The van der Waals surface area contributed by atoms with Crippen LogP contribution in [0.3, 0.4) is 0 Å². The zero-order valence-corrected chi connectivity index (χ0v) is 62.0. The summed E-state index contributed by atoms with van der Waals surface area (Å²) in [7, 11) is 0. The minimum atomic E-state index is 1.14. The largest absolute Gasteiger partial charge is 0.311 e. The van der Waals surface area contributed by atoms with Gasteiger partial charge in [0.1, 0.15) is 0 Å². The fourth-order valence-corrected chi connectivity index (χ4v) is 13.8. The third-order valence-electron chi connectivity index (χ3n) is 18.9. The van der Waals surface area contributed by atoms with E-state index in [-0.39, 0.29) is 0 Å². The molecule has 0 radical (unpaired) electrons. The van der Waals surface area contributed by atoms with Gasteiger partial charge in [0.05, 0.1) is 0 Å². The van der Waals surface area contributed by atoms with Gasteiger partial charge in [-0.3, -0.25) is 0 Å². The van der Waals surface area contributed by atoms with Crippen molar-refractivity contribution in [3.63, 3.8) is 0 Å². The van der Waals surface area contributed by atoms with Gasteiger partial charge in [-0.2, -0.15) is 0 Å². The molecule has 0 spiro atoms. The molecule has 0 saturated heterocycles. The number of hydrogen-bond acceptors (Lipinski definition) is 5. The predicted molar refractivity (Wildman–Crippen MR) is 451 cm³/mol. The molecule has 0 aromatic heterocycles. The number of nitrogens with zero attached hydrogens (tertiary/aromatic N) is 5. The van der Waals surface area contributed by atoms with Crippen LogP contribution >= 0.6 is 0 Å². The van der Waals surface area contributed by atoms with Crippen LogP contribution in [-0.4, -0.2) is 0 Å². The zero-order chi connectivity index (χ0) is 72.8. The van der Waals surface area contributed by atoms with Gasteiger partial charge in [0.25, 0.3) is 0 Å². The molecule has 15 aromatic rings. The van der Waals surface area contributed by atoms with E-state index in [0.29, 0.717) is 0 Å². The molecule has 5 nitrogen and oxygen atoms in total. The number of benzene rings is 15. The van der Waals surface area contributed by atoms with Crippen molar-refractivity contribution in [1.29, 1.82) is 0 Å². The highest BCUT2D eigenvalue weighted by molar-refractivity contribution is 5.86. The highest BCUT2D eigenvalue weighted by atomic mass is 15.2. The lowest BCUT2D eigenvalue weighted by molar-refractivity contribution is 1.23. The molecule has 5 heteroatoms. The lowest BCUT2D eigenvalue weighted by atomic mass is 9.98. The summed E-state index contributed by atoms with van der Waals surface area (Å²) in [5, 5.41) is 0. The van der Waals surface area contributed by atoms with Crippen molar-refractivity contribution < 1.29 is 0 Å². The second-order valence-corrected chi connectivity index (χ2v) is 27.5. The smallest absolute Gasteiger partial charge is 0.0491 e. The predicted octanol–water partition coefficient (Wildman–Crippen LogP) is 28.8. The van der Waals surface area contributed by atoms with E-state index in [2.05, 4.69) is 446 Å². The topological polar surface area (TPSA) is 16.2 Å². The third-order valence-corrected chi connectivity index (χ3v) is 18.9. The zero-order valence-electron chi connectivity index (χ0n) is 62.0. The highest BCUT2D eigenvalue weighted by Gasteiger charge is 2.21. The average Bonchev–Trinajstić information content (AvgIpc) is 0.762. The van der Waals surface area contributed by atoms with Crippen LogP contribution in [0.4, 0.5) is 85.3 Å². The summed E-state index contributed by atoms with van der Waals surface area (Å²) < 4.78 is 0. The molecule has 0 heterocycles. The number of anilines is 15. The minimum absolute atomic E-state index is 1.14. The molecular weight excluding hydrogens is 1270 g/mol. The maximum Gasteiger partial charge on any atom is 0.0491 e. The van der Waals surface area contributed by atoms with Gasteiger partial charge in [0, 0.05) is 85.3 Å². The maximum atomic E-state index is 2.37. The molecule has 0 saturated carbocycles. The van der Waals surface area contributed by atoms with E-state index in [9.17, 15) is 0 Å². The van der Waals surface area contributed by atoms with Crippen LogP contribution in [0.2, 0.25) is 0 Å². The lowest BCUT2D eigenvalue weighted by Crippen LogP contribution is -2.12. The van der Waals surface area contributed by atoms with Crippen LogP contribution in [0.25, 0.3) is 22.3 Å². The Morgan fingerprint density at radius 3 is 0.524 bits per heavy atom. The Balaban J connectivity index is 0.000000150. The molecule has 0 aliphatic rings. The molecule has 0 unspecified atom stereocenters. The molecule has 0 aliphatic heterocycles. The van der Waals surface area contributed by atoms with Crippen LogP contribution in [-0.2, 0) is 0 Å². The number of aryl methyl sites for hydroxylation is 10. The number of hydrogen-bond donors (Lipinski definition) is 0. The quantitative estimate of drug-likeness (QED) is 0.0900. The molecule has 15 rings (SSSR count). The van der Waals surface area contributed by atoms with E-state index in [1.165, 1.54) is 129 Å². The van der Waals surface area contributed by atoms with E-state index in [0.717, 1.165) is 34.1 Å². The van der Waals surface area contributed by atoms with Gasteiger partial charge in [-0.05, 0) is 329 Å². The monoisotopic (exact) mass is 1360 g/mol. The van der Waals surface area contributed by atoms with E-state index < -0.39 is 0 Å². The van der Waals surface area contributed by atoms with Gasteiger partial charge >= 0.3 is 0 Å². The van der Waals surface area contributed by atoms with Gasteiger partial charge in [0.15, 0.2) is 0 Å². The Hall–Kier alpha value is -12.7. The van der Waals surface area contributed by atoms with Crippen LogP contribution < -0.4 is 24.5 Å². The average molecular weight is 1360 g/mol. The Kier molecular flexibility index (Phi) is 22.2. The Morgan fingerprint density at radius 1 is 0.133 bits per heavy atom. The van der Waals surface area contributed by atoms with Crippen molar-refractivity contribution in [3.8, 4) is 22.3 Å². The first-order valence-electron chi connectivity index (χ1n) is 36.3. The second kappa shape index (κ2) is 33.0. The summed E-state index contributed by atoms with van der Waals surface area (Å²) in [4.78, 5) is 11.6. The van der Waals surface area contributed by atoms with Gasteiger partial charge < -0.3 is 24.5 Å². The first kappa shape index (κ1) is 70.7. The van der Waals surface area contributed by atoms with Crippen molar-refractivity contribution in [2.75, 3.05) is 24.5 Å². The molecular formula is C100H91N5. The first-order chi connectivity index (χ1) is 51.2. The standard InChI is InChI=1S/C42H40N2.C40H36N2.C18H15N/c1-29-11-7-15-37(23-29)43(38-16-8-12-30(2)24-38)41-21-19-35(27-33(41)5)36-20-22-42(34(6)28-36)44(39-17-9-13-31(3)25-39)40-18-10-14-32(4)26-40;1-29-9-5-13-37(25-29)41(38-14-6-10-30(2)26-38)35-21-17-33(18-22-35)34-19-23-36(24-20-34)42(39-15-7-11-31(3)27-39)40-16-8-12-32(4)28-40;1-4-10-16(11-5-1)19(17-12-6-2-7-13-17)18-14-8-3-9-15-18/h7-28H,1-6H3;5-28H,1-4H3;1-15H. The Morgan fingerprint density at radius 2 is 0.314 bits per heavy atom. The van der Waals surface area contributed by atoms with E-state index in [4.69, 9.17) is 0 Å². The molecule has 105 heavy (non-hydrogen) atoms. The third kappa shape index (κ3) is 17.3. The molecule has 0 N–H and O–H groups in total. The van der Waals surface area contributed by atoms with Crippen molar-refractivity contribution in [2.45, 2.75) is 69.2 Å². The number of rotatable bonds is 17. The van der Waals surface area contributed by atoms with Gasteiger partial charge in [-0.15, -0.1) is 0 Å². The summed E-state index contributed by atoms with van der Waals surface area (Å²) in [5.74, 6) is 0. The Bertz CT molecular complexity index is 4840. The second-order valence-electron chi connectivity index (χ2n) is 27.5.